The van der Waals surface area contributed by atoms with E-state index in [1.165, 1.54) is 5.56 Å². The van der Waals surface area contributed by atoms with Gasteiger partial charge in [-0.3, -0.25) is 19.3 Å². The third kappa shape index (κ3) is 5.78. The van der Waals surface area contributed by atoms with E-state index >= 15 is 0 Å². The molecule has 1 N–H and O–H groups in total. The Morgan fingerprint density at radius 3 is 2.50 bits per heavy atom. The van der Waals surface area contributed by atoms with Crippen molar-refractivity contribution in [2.75, 3.05) is 24.5 Å². The summed E-state index contributed by atoms with van der Waals surface area (Å²) in [7, 11) is 0. The number of fused-ring (bicyclic) bond motifs is 1. The Hall–Kier alpha value is -4.39. The van der Waals surface area contributed by atoms with Crippen LogP contribution in [0.5, 0.6) is 5.75 Å². The summed E-state index contributed by atoms with van der Waals surface area (Å²) in [5.41, 5.74) is 4.22. The van der Waals surface area contributed by atoms with E-state index in [-0.39, 0.29) is 23.5 Å². The summed E-state index contributed by atoms with van der Waals surface area (Å²) < 4.78 is 5.99. The van der Waals surface area contributed by atoms with Gasteiger partial charge in [-0.2, -0.15) is 0 Å². The zero-order chi connectivity index (χ0) is 26.5. The minimum absolute atomic E-state index is 0.167. The number of hydrogen-bond donors (Lipinski definition) is 1. The van der Waals surface area contributed by atoms with Gasteiger partial charge in [0, 0.05) is 31.6 Å². The van der Waals surface area contributed by atoms with E-state index in [4.69, 9.17) is 4.74 Å². The summed E-state index contributed by atoms with van der Waals surface area (Å²) in [5, 5.41) is 2.91. The number of benzene rings is 3. The number of anilines is 1. The molecule has 1 saturated heterocycles. The highest BCUT2D eigenvalue weighted by atomic mass is 16.5. The zero-order valence-corrected chi connectivity index (χ0v) is 21.5. The molecule has 3 aromatic carbocycles. The van der Waals surface area contributed by atoms with Crippen molar-refractivity contribution in [3.8, 4) is 5.75 Å². The molecule has 7 nitrogen and oxygen atoms in total. The number of rotatable bonds is 8. The number of carbonyl (C=O) groups is 3. The fourth-order valence-electron chi connectivity index (χ4n) is 4.69. The Labute approximate surface area is 222 Å². The van der Waals surface area contributed by atoms with Crippen molar-refractivity contribution in [3.63, 3.8) is 0 Å². The average Bonchev–Trinajstić information content (AvgIpc) is 3.34. The van der Waals surface area contributed by atoms with Crippen LogP contribution in [0.3, 0.4) is 0 Å². The van der Waals surface area contributed by atoms with Gasteiger partial charge in [0.1, 0.15) is 0 Å². The first kappa shape index (κ1) is 25.3. The van der Waals surface area contributed by atoms with E-state index in [0.717, 1.165) is 36.2 Å². The minimum Gasteiger partial charge on any atom is -0.449 e. The quantitative estimate of drug-likeness (QED) is 0.353. The molecule has 0 bridgehead atoms. The van der Waals surface area contributed by atoms with Crippen LogP contribution in [0.4, 0.5) is 5.69 Å². The van der Waals surface area contributed by atoms with E-state index in [0.29, 0.717) is 37.4 Å². The highest BCUT2D eigenvalue weighted by molar-refractivity contribution is 6.09. The lowest BCUT2D eigenvalue weighted by molar-refractivity contribution is -0.127. The second kappa shape index (κ2) is 11.3. The standard InChI is InChI=1S/C31H31N3O4/c1-22-9-11-24(12-10-22)21-34-26-6-2-3-7-27(26)38-28(31(34)37)20-23-13-15-25(16-14-23)30(36)32-17-5-19-33-18-4-8-29(33)35/h2-3,6-7,9-16,20H,4-5,8,17-19,21H2,1H3,(H,32,36). The number of likely N-dealkylation sites (tertiary alicyclic amines) is 1. The number of nitrogens with zero attached hydrogens (tertiary/aromatic N) is 2. The number of aryl methyl sites for hydroxylation is 1. The normalized spacial score (nSPS) is 16.0. The molecule has 7 heteroatoms. The fourth-order valence-corrected chi connectivity index (χ4v) is 4.69. The van der Waals surface area contributed by atoms with Crippen molar-refractivity contribution in [2.24, 2.45) is 0 Å². The number of carbonyl (C=O) groups excluding carboxylic acids is 3. The molecule has 0 spiro atoms. The lowest BCUT2D eigenvalue weighted by Crippen LogP contribution is -2.36. The van der Waals surface area contributed by atoms with Gasteiger partial charge in [0.25, 0.3) is 11.8 Å². The molecule has 0 atom stereocenters. The second-order valence-corrected chi connectivity index (χ2v) is 9.67. The SMILES string of the molecule is Cc1ccc(CN2C(=O)C(=Cc3ccc(C(=O)NCCCN4CCCC4=O)cc3)Oc3ccccc32)cc1. The van der Waals surface area contributed by atoms with Gasteiger partial charge < -0.3 is 15.0 Å². The van der Waals surface area contributed by atoms with Crippen molar-refractivity contribution < 1.29 is 19.1 Å². The molecule has 0 unspecified atom stereocenters. The predicted molar refractivity (Wildman–Crippen MR) is 147 cm³/mol. The lowest BCUT2D eigenvalue weighted by Gasteiger charge is -2.30. The summed E-state index contributed by atoms with van der Waals surface area (Å²) in [6, 6.07) is 22.7. The van der Waals surface area contributed by atoms with E-state index in [9.17, 15) is 14.4 Å². The van der Waals surface area contributed by atoms with Crippen LogP contribution >= 0.6 is 0 Å². The van der Waals surface area contributed by atoms with Crippen LogP contribution < -0.4 is 15.0 Å². The van der Waals surface area contributed by atoms with Crippen LogP contribution in [0.2, 0.25) is 0 Å². The minimum atomic E-state index is -0.220. The van der Waals surface area contributed by atoms with Gasteiger partial charge in [-0.1, -0.05) is 54.1 Å². The molecule has 0 saturated carbocycles. The first-order valence-electron chi connectivity index (χ1n) is 13.0. The largest absolute Gasteiger partial charge is 0.449 e. The molecule has 2 aliphatic heterocycles. The van der Waals surface area contributed by atoms with E-state index in [1.54, 1.807) is 35.2 Å². The molecular weight excluding hydrogens is 478 g/mol. The molecule has 194 valence electrons. The van der Waals surface area contributed by atoms with Gasteiger partial charge in [0.15, 0.2) is 11.5 Å². The molecule has 0 radical (unpaired) electrons. The number of ether oxygens (including phenoxy) is 1. The zero-order valence-electron chi connectivity index (χ0n) is 21.5. The van der Waals surface area contributed by atoms with Crippen LogP contribution in [-0.4, -0.2) is 42.3 Å². The second-order valence-electron chi connectivity index (χ2n) is 9.67. The van der Waals surface area contributed by atoms with Gasteiger partial charge >= 0.3 is 0 Å². The van der Waals surface area contributed by atoms with Crippen LogP contribution in [0.1, 0.15) is 46.3 Å². The van der Waals surface area contributed by atoms with Gasteiger partial charge in [0.05, 0.1) is 12.2 Å². The maximum absolute atomic E-state index is 13.4. The molecular formula is C31H31N3O4. The van der Waals surface area contributed by atoms with Gasteiger partial charge in [-0.05, 0) is 61.2 Å². The van der Waals surface area contributed by atoms with E-state index in [1.807, 2.05) is 60.4 Å². The molecule has 3 amide bonds. The van der Waals surface area contributed by atoms with Crippen molar-refractivity contribution in [1.82, 2.24) is 10.2 Å². The molecule has 0 aromatic heterocycles. The summed E-state index contributed by atoms with van der Waals surface area (Å²) in [6.45, 7) is 4.46. The predicted octanol–water partition coefficient (Wildman–Crippen LogP) is 4.70. The summed E-state index contributed by atoms with van der Waals surface area (Å²) in [6.07, 6.45) is 3.97. The van der Waals surface area contributed by atoms with Crippen LogP contribution in [-0.2, 0) is 16.1 Å². The van der Waals surface area contributed by atoms with Gasteiger partial charge in [-0.15, -0.1) is 0 Å². The van der Waals surface area contributed by atoms with E-state index in [2.05, 4.69) is 5.32 Å². The third-order valence-electron chi connectivity index (χ3n) is 6.83. The first-order chi connectivity index (χ1) is 18.5. The van der Waals surface area contributed by atoms with Crippen LogP contribution in [0.25, 0.3) is 6.08 Å². The lowest BCUT2D eigenvalue weighted by atomic mass is 10.1. The molecule has 0 aliphatic carbocycles. The molecule has 2 heterocycles. The van der Waals surface area contributed by atoms with Gasteiger partial charge in [0.2, 0.25) is 5.91 Å². The molecule has 38 heavy (non-hydrogen) atoms. The highest BCUT2D eigenvalue weighted by Crippen LogP contribution is 2.36. The van der Waals surface area contributed by atoms with Crippen LogP contribution in [0, 0.1) is 6.92 Å². The molecule has 2 aliphatic rings. The number of amides is 3. The van der Waals surface area contributed by atoms with E-state index < -0.39 is 0 Å². The summed E-state index contributed by atoms with van der Waals surface area (Å²) in [4.78, 5) is 41.3. The van der Waals surface area contributed by atoms with Crippen LogP contribution in [0.15, 0.2) is 78.6 Å². The maximum atomic E-state index is 13.4. The topological polar surface area (TPSA) is 79.0 Å². The molecule has 1 fully saturated rings. The van der Waals surface area contributed by atoms with Crippen molar-refractivity contribution >= 4 is 29.5 Å². The Morgan fingerprint density at radius 2 is 1.76 bits per heavy atom. The average molecular weight is 510 g/mol. The smallest absolute Gasteiger partial charge is 0.294 e. The maximum Gasteiger partial charge on any atom is 0.294 e. The molecule has 3 aromatic rings. The Balaban J connectivity index is 1.25. The Morgan fingerprint density at radius 1 is 1.00 bits per heavy atom. The molecule has 5 rings (SSSR count). The van der Waals surface area contributed by atoms with Crippen molar-refractivity contribution in [3.05, 3.63) is 101 Å². The third-order valence-corrected chi connectivity index (χ3v) is 6.83. The number of para-hydroxylation sites is 2. The highest BCUT2D eigenvalue weighted by Gasteiger charge is 2.30. The number of nitrogens with one attached hydrogen (secondary N) is 1. The monoisotopic (exact) mass is 509 g/mol. The van der Waals surface area contributed by atoms with Crippen molar-refractivity contribution in [1.29, 1.82) is 0 Å². The summed E-state index contributed by atoms with van der Waals surface area (Å²) >= 11 is 0. The Bertz CT molecular complexity index is 1360. The Kier molecular flexibility index (Phi) is 7.54. The van der Waals surface area contributed by atoms with Gasteiger partial charge in [-0.25, -0.2) is 0 Å². The summed E-state index contributed by atoms with van der Waals surface area (Å²) in [5.74, 6) is 0.660. The number of hydrogen-bond acceptors (Lipinski definition) is 4. The van der Waals surface area contributed by atoms with Crippen molar-refractivity contribution in [2.45, 2.75) is 32.7 Å². The first-order valence-corrected chi connectivity index (χ1v) is 13.0. The fraction of sp³-hybridized carbons (Fsp3) is 0.258.